The SMILES string of the molecule is CCCC(N)c1ccc(OC)cc1N1CCCCC1. The lowest BCUT2D eigenvalue weighted by molar-refractivity contribution is 0.414. The van der Waals surface area contributed by atoms with Crippen LogP contribution in [-0.4, -0.2) is 20.2 Å². The predicted molar refractivity (Wildman–Crippen MR) is 80.9 cm³/mol. The van der Waals surface area contributed by atoms with Gasteiger partial charge in [0.1, 0.15) is 5.75 Å². The first-order valence-electron chi connectivity index (χ1n) is 7.44. The number of anilines is 1. The second-order valence-electron chi connectivity index (χ2n) is 5.37. The number of benzene rings is 1. The molecular weight excluding hydrogens is 236 g/mol. The Morgan fingerprint density at radius 3 is 2.63 bits per heavy atom. The summed E-state index contributed by atoms with van der Waals surface area (Å²) in [5.41, 5.74) is 8.88. The molecule has 106 valence electrons. The van der Waals surface area contributed by atoms with Gasteiger partial charge in [0.2, 0.25) is 0 Å². The van der Waals surface area contributed by atoms with E-state index < -0.39 is 0 Å². The molecule has 0 bridgehead atoms. The second kappa shape index (κ2) is 6.80. The Bertz CT molecular complexity index is 400. The Balaban J connectivity index is 2.29. The third-order valence-corrected chi connectivity index (χ3v) is 3.93. The van der Waals surface area contributed by atoms with E-state index in [-0.39, 0.29) is 6.04 Å². The fourth-order valence-electron chi connectivity index (χ4n) is 2.84. The quantitative estimate of drug-likeness (QED) is 0.883. The minimum atomic E-state index is 0.132. The van der Waals surface area contributed by atoms with E-state index in [1.54, 1.807) is 7.11 Å². The van der Waals surface area contributed by atoms with Gasteiger partial charge in [-0.2, -0.15) is 0 Å². The summed E-state index contributed by atoms with van der Waals surface area (Å²) in [6.07, 6.45) is 6.05. The number of nitrogens with zero attached hydrogens (tertiary/aromatic N) is 1. The van der Waals surface area contributed by atoms with E-state index in [4.69, 9.17) is 10.5 Å². The van der Waals surface area contributed by atoms with Crippen LogP contribution in [0.15, 0.2) is 18.2 Å². The van der Waals surface area contributed by atoms with Crippen LogP contribution in [-0.2, 0) is 0 Å². The minimum absolute atomic E-state index is 0.132. The van der Waals surface area contributed by atoms with Crippen molar-refractivity contribution in [2.24, 2.45) is 5.73 Å². The van der Waals surface area contributed by atoms with Crippen LogP contribution in [0.2, 0.25) is 0 Å². The predicted octanol–water partition coefficient (Wildman–Crippen LogP) is 3.49. The molecule has 1 saturated heterocycles. The first-order valence-corrected chi connectivity index (χ1v) is 7.44. The zero-order chi connectivity index (χ0) is 13.7. The molecule has 3 nitrogen and oxygen atoms in total. The largest absolute Gasteiger partial charge is 0.497 e. The Hall–Kier alpha value is -1.22. The van der Waals surface area contributed by atoms with E-state index in [0.717, 1.165) is 31.7 Å². The van der Waals surface area contributed by atoms with Crippen molar-refractivity contribution in [3.63, 3.8) is 0 Å². The maximum Gasteiger partial charge on any atom is 0.120 e. The Morgan fingerprint density at radius 1 is 1.26 bits per heavy atom. The molecule has 1 fully saturated rings. The van der Waals surface area contributed by atoms with Crippen molar-refractivity contribution in [2.75, 3.05) is 25.1 Å². The number of ether oxygens (including phenoxy) is 1. The molecular formula is C16H26N2O. The van der Waals surface area contributed by atoms with Crippen LogP contribution in [0.1, 0.15) is 50.6 Å². The normalized spacial score (nSPS) is 17.3. The maximum absolute atomic E-state index is 6.34. The van der Waals surface area contributed by atoms with Gasteiger partial charge < -0.3 is 15.4 Å². The van der Waals surface area contributed by atoms with Crippen LogP contribution in [0.25, 0.3) is 0 Å². The third kappa shape index (κ3) is 3.41. The highest BCUT2D eigenvalue weighted by molar-refractivity contribution is 5.58. The summed E-state index contributed by atoms with van der Waals surface area (Å²) in [6, 6.07) is 6.45. The number of methoxy groups -OCH3 is 1. The van der Waals surface area contributed by atoms with E-state index in [0.29, 0.717) is 0 Å². The first kappa shape index (κ1) is 14.2. The van der Waals surface area contributed by atoms with E-state index in [1.807, 2.05) is 6.07 Å². The number of piperidine rings is 1. The Kier molecular flexibility index (Phi) is 5.08. The Labute approximate surface area is 116 Å². The molecule has 1 aromatic rings. The molecule has 19 heavy (non-hydrogen) atoms. The lowest BCUT2D eigenvalue weighted by Gasteiger charge is -2.32. The molecule has 1 aliphatic rings. The van der Waals surface area contributed by atoms with Gasteiger partial charge >= 0.3 is 0 Å². The summed E-state index contributed by atoms with van der Waals surface area (Å²) in [5.74, 6) is 0.924. The average Bonchev–Trinajstić information content (AvgIpc) is 2.47. The zero-order valence-corrected chi connectivity index (χ0v) is 12.2. The molecule has 0 radical (unpaired) electrons. The van der Waals surface area contributed by atoms with Crippen molar-refractivity contribution in [1.82, 2.24) is 0 Å². The van der Waals surface area contributed by atoms with Crippen molar-refractivity contribution < 1.29 is 4.74 Å². The maximum atomic E-state index is 6.34. The fourth-order valence-corrected chi connectivity index (χ4v) is 2.84. The summed E-state index contributed by atoms with van der Waals surface area (Å²) in [5, 5.41) is 0. The standard InChI is InChI=1S/C16H26N2O/c1-3-7-15(17)14-9-8-13(19-2)12-16(14)18-10-5-4-6-11-18/h8-9,12,15H,3-7,10-11,17H2,1-2H3. The lowest BCUT2D eigenvalue weighted by Crippen LogP contribution is -2.31. The molecule has 0 aromatic heterocycles. The molecule has 2 N–H and O–H groups in total. The highest BCUT2D eigenvalue weighted by Crippen LogP contribution is 2.33. The molecule has 0 aliphatic carbocycles. The number of hydrogen-bond donors (Lipinski definition) is 1. The van der Waals surface area contributed by atoms with Gasteiger partial charge in [-0.3, -0.25) is 0 Å². The van der Waals surface area contributed by atoms with Gasteiger partial charge in [0.25, 0.3) is 0 Å². The van der Waals surface area contributed by atoms with Crippen LogP contribution in [0.3, 0.4) is 0 Å². The van der Waals surface area contributed by atoms with E-state index in [2.05, 4.69) is 24.0 Å². The number of nitrogens with two attached hydrogens (primary N) is 1. The van der Waals surface area contributed by atoms with Gasteiger partial charge in [-0.1, -0.05) is 19.4 Å². The molecule has 0 amide bonds. The summed E-state index contributed by atoms with van der Waals surface area (Å²) in [6.45, 7) is 4.46. The van der Waals surface area contributed by atoms with Crippen molar-refractivity contribution in [3.05, 3.63) is 23.8 Å². The zero-order valence-electron chi connectivity index (χ0n) is 12.2. The van der Waals surface area contributed by atoms with Gasteiger partial charge in [-0.25, -0.2) is 0 Å². The molecule has 0 saturated carbocycles. The summed E-state index contributed by atoms with van der Waals surface area (Å²) in [7, 11) is 1.72. The van der Waals surface area contributed by atoms with Crippen molar-refractivity contribution in [2.45, 2.75) is 45.1 Å². The smallest absolute Gasteiger partial charge is 0.120 e. The summed E-state index contributed by atoms with van der Waals surface area (Å²) in [4.78, 5) is 2.47. The monoisotopic (exact) mass is 262 g/mol. The number of rotatable bonds is 5. The van der Waals surface area contributed by atoms with E-state index >= 15 is 0 Å². The molecule has 1 unspecified atom stereocenters. The molecule has 3 heteroatoms. The third-order valence-electron chi connectivity index (χ3n) is 3.93. The average molecular weight is 262 g/mol. The Morgan fingerprint density at radius 2 is 2.00 bits per heavy atom. The molecule has 0 spiro atoms. The van der Waals surface area contributed by atoms with Gasteiger partial charge in [0.05, 0.1) is 7.11 Å². The fraction of sp³-hybridized carbons (Fsp3) is 0.625. The topological polar surface area (TPSA) is 38.5 Å². The summed E-state index contributed by atoms with van der Waals surface area (Å²) < 4.78 is 5.37. The van der Waals surface area contributed by atoms with Crippen LogP contribution >= 0.6 is 0 Å². The highest BCUT2D eigenvalue weighted by Gasteiger charge is 2.18. The first-order chi connectivity index (χ1) is 9.26. The lowest BCUT2D eigenvalue weighted by atomic mass is 9.99. The van der Waals surface area contributed by atoms with Crippen LogP contribution < -0.4 is 15.4 Å². The minimum Gasteiger partial charge on any atom is -0.497 e. The van der Waals surface area contributed by atoms with Crippen LogP contribution in [0.4, 0.5) is 5.69 Å². The molecule has 1 aromatic carbocycles. The van der Waals surface area contributed by atoms with E-state index in [9.17, 15) is 0 Å². The molecule has 1 heterocycles. The van der Waals surface area contributed by atoms with Crippen molar-refractivity contribution in [1.29, 1.82) is 0 Å². The molecule has 2 rings (SSSR count). The van der Waals surface area contributed by atoms with Crippen LogP contribution in [0, 0.1) is 0 Å². The van der Waals surface area contributed by atoms with Gasteiger partial charge in [-0.15, -0.1) is 0 Å². The van der Waals surface area contributed by atoms with Crippen molar-refractivity contribution in [3.8, 4) is 5.75 Å². The highest BCUT2D eigenvalue weighted by atomic mass is 16.5. The van der Waals surface area contributed by atoms with Gasteiger partial charge in [0.15, 0.2) is 0 Å². The number of hydrogen-bond acceptors (Lipinski definition) is 3. The molecule has 1 aliphatic heterocycles. The van der Waals surface area contributed by atoms with Gasteiger partial charge in [-0.05, 0) is 37.3 Å². The van der Waals surface area contributed by atoms with Crippen molar-refractivity contribution >= 4 is 5.69 Å². The van der Waals surface area contributed by atoms with Gasteiger partial charge in [0, 0.05) is 30.9 Å². The van der Waals surface area contributed by atoms with E-state index in [1.165, 1.54) is 30.5 Å². The summed E-state index contributed by atoms with van der Waals surface area (Å²) >= 11 is 0. The van der Waals surface area contributed by atoms with Crippen LogP contribution in [0.5, 0.6) is 5.75 Å². The molecule has 1 atom stereocenters. The second-order valence-corrected chi connectivity index (χ2v) is 5.37.